The number of aliphatic hydroxyl groups excluding tert-OH is 1. The number of rotatable bonds is 3. The van der Waals surface area contributed by atoms with E-state index < -0.39 is 6.30 Å². The topological polar surface area (TPSA) is 57.5 Å². The molecule has 2 aliphatic rings. The molecule has 4 rings (SSSR count). The maximum Gasteiger partial charge on any atom is 0.488 e. The van der Waals surface area contributed by atoms with Gasteiger partial charge < -0.3 is 15.3 Å². The van der Waals surface area contributed by atoms with Crippen LogP contribution in [0.2, 0.25) is 0 Å². The van der Waals surface area contributed by atoms with Crippen LogP contribution in [0.5, 0.6) is 0 Å². The number of benzene rings is 1. The standard InChI is InChI=1S/C20H24F3N3O2/c1-11(10-27)24-19(28)13-6-15-14-4-3-5-16-18(14)12(7-17(15)25(2)8-13)9-26(16)20(21,22)23/h3-5,9,11,13,15,17,27H,6-8,10H2,1-2H3,(H,24,28)/t11?,13-,15?,17?/m1/s1. The molecule has 0 radical (unpaired) electrons. The average Bonchev–Trinajstić information content (AvgIpc) is 3.02. The van der Waals surface area contributed by atoms with Crippen molar-refractivity contribution in [3.63, 3.8) is 0 Å². The summed E-state index contributed by atoms with van der Waals surface area (Å²) in [7, 11) is 1.93. The number of carbonyl (C=O) groups excluding carboxylic acids is 1. The van der Waals surface area contributed by atoms with Crippen LogP contribution in [0.15, 0.2) is 24.4 Å². The first-order valence-electron chi connectivity index (χ1n) is 9.52. The highest BCUT2D eigenvalue weighted by atomic mass is 19.4. The molecule has 1 aromatic heterocycles. The molecule has 28 heavy (non-hydrogen) atoms. The number of alkyl halides is 3. The summed E-state index contributed by atoms with van der Waals surface area (Å²) in [4.78, 5) is 14.7. The predicted molar refractivity (Wildman–Crippen MR) is 98.9 cm³/mol. The normalized spacial score (nSPS) is 26.1. The second kappa shape index (κ2) is 6.77. The van der Waals surface area contributed by atoms with E-state index in [0.717, 1.165) is 5.56 Å². The molecule has 2 N–H and O–H groups in total. The van der Waals surface area contributed by atoms with E-state index in [2.05, 4.69) is 10.2 Å². The molecule has 1 fully saturated rings. The number of fused-ring (bicyclic) bond motifs is 2. The van der Waals surface area contributed by atoms with Crippen molar-refractivity contribution in [2.75, 3.05) is 20.2 Å². The van der Waals surface area contributed by atoms with Crippen LogP contribution in [0, 0.1) is 5.92 Å². The third-order valence-corrected chi connectivity index (χ3v) is 6.15. The van der Waals surface area contributed by atoms with Crippen LogP contribution in [-0.4, -0.2) is 52.8 Å². The number of aromatic nitrogens is 1. The summed E-state index contributed by atoms with van der Waals surface area (Å²) in [6, 6.07) is 4.83. The van der Waals surface area contributed by atoms with Gasteiger partial charge in [0.05, 0.1) is 18.0 Å². The van der Waals surface area contributed by atoms with E-state index in [9.17, 15) is 23.1 Å². The van der Waals surface area contributed by atoms with Crippen LogP contribution in [0.4, 0.5) is 13.2 Å². The lowest BCUT2D eigenvalue weighted by molar-refractivity contribution is -0.200. The van der Waals surface area contributed by atoms with Gasteiger partial charge in [-0.2, -0.15) is 0 Å². The van der Waals surface area contributed by atoms with E-state index in [1.54, 1.807) is 13.0 Å². The van der Waals surface area contributed by atoms with Crippen molar-refractivity contribution in [3.8, 4) is 0 Å². The predicted octanol–water partition coefficient (Wildman–Crippen LogP) is 2.57. The lowest BCUT2D eigenvalue weighted by Crippen LogP contribution is -2.52. The third kappa shape index (κ3) is 3.08. The first kappa shape index (κ1) is 19.3. The summed E-state index contributed by atoms with van der Waals surface area (Å²) >= 11 is 0. The fraction of sp³-hybridized carbons (Fsp3) is 0.550. The molecular formula is C20H24F3N3O2. The minimum Gasteiger partial charge on any atom is -0.394 e. The Morgan fingerprint density at radius 1 is 1.39 bits per heavy atom. The van der Waals surface area contributed by atoms with Gasteiger partial charge in [-0.3, -0.25) is 9.36 Å². The Morgan fingerprint density at radius 3 is 2.82 bits per heavy atom. The number of nitrogens with zero attached hydrogens (tertiary/aromatic N) is 2. The SMILES string of the molecule is CC(CO)NC(=O)[C@@H]1CC2c3cccc4c3c(cn4C(F)(F)F)CC2N(C)C1. The van der Waals surface area contributed by atoms with E-state index in [1.165, 1.54) is 12.3 Å². The van der Waals surface area contributed by atoms with Gasteiger partial charge in [-0.1, -0.05) is 12.1 Å². The summed E-state index contributed by atoms with van der Waals surface area (Å²) in [5.41, 5.74) is 1.79. The van der Waals surface area contributed by atoms with Crippen molar-refractivity contribution < 1.29 is 23.1 Å². The maximum absolute atomic E-state index is 13.5. The molecule has 5 nitrogen and oxygen atoms in total. The number of hydrogen-bond donors (Lipinski definition) is 2. The molecule has 0 saturated carbocycles. The molecule has 1 amide bonds. The molecule has 0 bridgehead atoms. The molecule has 152 valence electrons. The first-order valence-corrected chi connectivity index (χ1v) is 9.52. The van der Waals surface area contributed by atoms with Gasteiger partial charge in [0.25, 0.3) is 0 Å². The number of aliphatic hydroxyl groups is 1. The van der Waals surface area contributed by atoms with Gasteiger partial charge in [0, 0.05) is 36.1 Å². The van der Waals surface area contributed by atoms with Gasteiger partial charge in [-0.15, -0.1) is 13.2 Å². The van der Waals surface area contributed by atoms with E-state index in [-0.39, 0.29) is 42.0 Å². The number of amides is 1. The summed E-state index contributed by atoms with van der Waals surface area (Å²) in [6.45, 7) is 2.16. The number of carbonyl (C=O) groups is 1. The molecule has 1 aliphatic heterocycles. The summed E-state index contributed by atoms with van der Waals surface area (Å²) in [5.74, 6) is -0.376. The second-order valence-electron chi connectivity index (χ2n) is 8.08. The molecule has 2 heterocycles. The molecule has 0 spiro atoms. The minimum atomic E-state index is -4.46. The number of likely N-dealkylation sites (N-methyl/N-ethyl adjacent to an activating group) is 1. The number of hydrogen-bond acceptors (Lipinski definition) is 3. The Balaban J connectivity index is 1.72. The van der Waals surface area contributed by atoms with E-state index in [4.69, 9.17) is 0 Å². The zero-order chi connectivity index (χ0) is 20.2. The Hall–Kier alpha value is -2.06. The maximum atomic E-state index is 13.5. The molecular weight excluding hydrogens is 371 g/mol. The van der Waals surface area contributed by atoms with Gasteiger partial charge in [-0.05, 0) is 44.0 Å². The van der Waals surface area contributed by atoms with Gasteiger partial charge in [0.1, 0.15) is 0 Å². The Bertz CT molecular complexity index is 908. The van der Waals surface area contributed by atoms with Gasteiger partial charge in [0.15, 0.2) is 0 Å². The Kier molecular flexibility index (Phi) is 4.66. The number of piperidine rings is 1. The highest BCUT2D eigenvalue weighted by molar-refractivity contribution is 5.89. The number of likely N-dealkylation sites (tertiary alicyclic amines) is 1. The van der Waals surface area contributed by atoms with Crippen LogP contribution < -0.4 is 5.32 Å². The smallest absolute Gasteiger partial charge is 0.394 e. The quantitative estimate of drug-likeness (QED) is 0.840. The third-order valence-electron chi connectivity index (χ3n) is 6.15. The van der Waals surface area contributed by atoms with Crippen LogP contribution in [-0.2, 0) is 17.5 Å². The largest absolute Gasteiger partial charge is 0.488 e. The van der Waals surface area contributed by atoms with E-state index >= 15 is 0 Å². The van der Waals surface area contributed by atoms with Gasteiger partial charge in [0.2, 0.25) is 5.91 Å². The van der Waals surface area contributed by atoms with Gasteiger partial charge in [-0.25, -0.2) is 0 Å². The number of nitrogens with one attached hydrogen (secondary N) is 1. The lowest BCUT2D eigenvalue weighted by atomic mass is 9.72. The minimum absolute atomic E-state index is 0.000726. The van der Waals surface area contributed by atoms with Crippen LogP contribution in [0.1, 0.15) is 30.4 Å². The Morgan fingerprint density at radius 2 is 2.14 bits per heavy atom. The second-order valence-corrected chi connectivity index (χ2v) is 8.08. The fourth-order valence-electron chi connectivity index (χ4n) is 4.85. The fourth-order valence-corrected chi connectivity index (χ4v) is 4.85. The monoisotopic (exact) mass is 395 g/mol. The number of halogens is 3. The summed E-state index contributed by atoms with van der Waals surface area (Å²) in [6.07, 6.45) is -2.10. The van der Waals surface area contributed by atoms with Crippen molar-refractivity contribution in [1.82, 2.24) is 14.8 Å². The zero-order valence-corrected chi connectivity index (χ0v) is 15.8. The van der Waals surface area contributed by atoms with Crippen molar-refractivity contribution in [2.24, 2.45) is 5.92 Å². The zero-order valence-electron chi connectivity index (χ0n) is 15.8. The van der Waals surface area contributed by atoms with Crippen molar-refractivity contribution in [2.45, 2.75) is 44.1 Å². The highest BCUT2D eigenvalue weighted by Gasteiger charge is 2.43. The van der Waals surface area contributed by atoms with Crippen LogP contribution >= 0.6 is 0 Å². The Labute approximate surface area is 161 Å². The molecule has 1 saturated heterocycles. The van der Waals surface area contributed by atoms with Crippen LogP contribution in [0.3, 0.4) is 0 Å². The van der Waals surface area contributed by atoms with Crippen molar-refractivity contribution in [1.29, 1.82) is 0 Å². The molecule has 3 unspecified atom stereocenters. The van der Waals surface area contributed by atoms with Crippen molar-refractivity contribution in [3.05, 3.63) is 35.5 Å². The average molecular weight is 395 g/mol. The molecule has 4 atom stereocenters. The highest BCUT2D eigenvalue weighted by Crippen LogP contribution is 2.46. The molecule has 8 heteroatoms. The molecule has 1 aliphatic carbocycles. The first-order chi connectivity index (χ1) is 13.2. The van der Waals surface area contributed by atoms with E-state index in [1.807, 2.05) is 13.1 Å². The molecule has 1 aromatic carbocycles. The van der Waals surface area contributed by atoms with Gasteiger partial charge >= 0.3 is 6.30 Å². The molecule has 2 aromatic rings. The van der Waals surface area contributed by atoms with E-state index in [0.29, 0.717) is 34.9 Å². The summed E-state index contributed by atoms with van der Waals surface area (Å²) < 4.78 is 40.8. The lowest BCUT2D eigenvalue weighted by Gasteiger charge is -2.45. The summed E-state index contributed by atoms with van der Waals surface area (Å²) in [5, 5.41) is 12.7. The van der Waals surface area contributed by atoms with Crippen molar-refractivity contribution >= 4 is 16.8 Å². The van der Waals surface area contributed by atoms with Crippen LogP contribution in [0.25, 0.3) is 10.9 Å².